The van der Waals surface area contributed by atoms with Crippen molar-refractivity contribution >= 4 is 17.7 Å². The summed E-state index contributed by atoms with van der Waals surface area (Å²) in [7, 11) is 0. The molecule has 3 aliphatic rings. The van der Waals surface area contributed by atoms with Crippen LogP contribution in [0.5, 0.6) is 0 Å². The Hall–Kier alpha value is -0.220. The molecule has 3 heterocycles. The second kappa shape index (κ2) is 4.57. The first-order valence-corrected chi connectivity index (χ1v) is 7.54. The van der Waals surface area contributed by atoms with Crippen LogP contribution in [0.15, 0.2) is 0 Å². The third-order valence-electron chi connectivity index (χ3n) is 4.18. The van der Waals surface area contributed by atoms with Gasteiger partial charge in [-0.05, 0) is 30.9 Å². The summed E-state index contributed by atoms with van der Waals surface area (Å²) in [5, 5.41) is 3.68. The first-order valence-electron chi connectivity index (χ1n) is 6.49. The fourth-order valence-electron chi connectivity index (χ4n) is 3.24. The van der Waals surface area contributed by atoms with Crippen molar-refractivity contribution in [1.82, 2.24) is 10.2 Å². The van der Waals surface area contributed by atoms with Crippen molar-refractivity contribution < 1.29 is 4.79 Å². The van der Waals surface area contributed by atoms with Crippen molar-refractivity contribution in [3.63, 3.8) is 0 Å². The molecule has 0 aromatic heterocycles. The fourth-order valence-corrected chi connectivity index (χ4v) is 4.51. The molecule has 3 fully saturated rings. The van der Waals surface area contributed by atoms with E-state index in [0.717, 1.165) is 32.0 Å². The van der Waals surface area contributed by atoms with Gasteiger partial charge < -0.3 is 10.2 Å². The Morgan fingerprint density at radius 1 is 1.25 bits per heavy atom. The van der Waals surface area contributed by atoms with Gasteiger partial charge in [0.05, 0.1) is 5.25 Å². The normalized spacial score (nSPS) is 38.8. The van der Waals surface area contributed by atoms with Crippen molar-refractivity contribution in [3.8, 4) is 0 Å². The largest absolute Gasteiger partial charge is 0.337 e. The van der Waals surface area contributed by atoms with Crippen molar-refractivity contribution in [2.75, 3.05) is 25.4 Å². The number of hydrogen-bond donors (Lipinski definition) is 1. The quantitative estimate of drug-likeness (QED) is 0.745. The number of fused-ring (bicyclic) bond motifs is 1. The van der Waals surface area contributed by atoms with E-state index in [4.69, 9.17) is 0 Å². The van der Waals surface area contributed by atoms with E-state index in [1.54, 1.807) is 0 Å². The Morgan fingerprint density at radius 3 is 3.00 bits per heavy atom. The summed E-state index contributed by atoms with van der Waals surface area (Å²) in [5.41, 5.74) is 0. The first kappa shape index (κ1) is 10.9. The Labute approximate surface area is 101 Å². The summed E-state index contributed by atoms with van der Waals surface area (Å²) in [4.78, 5) is 14.6. The van der Waals surface area contributed by atoms with Crippen molar-refractivity contribution in [1.29, 1.82) is 0 Å². The highest BCUT2D eigenvalue weighted by Crippen LogP contribution is 2.32. The SMILES string of the molecule is O=C(C1CCCCS1)N1CC[C@H]2CNC[C@H]21. The van der Waals surface area contributed by atoms with Crippen molar-refractivity contribution in [2.45, 2.75) is 37.0 Å². The maximum Gasteiger partial charge on any atom is 0.235 e. The minimum Gasteiger partial charge on any atom is -0.337 e. The standard InChI is InChI=1S/C12H20N2OS/c15-12(11-3-1-2-6-16-11)14-5-4-9-7-13-8-10(9)14/h9-11,13H,1-8H2/t9-,10+,11?/m0/s1. The second-order valence-corrected chi connectivity index (χ2v) is 6.47. The van der Waals surface area contributed by atoms with Crippen LogP contribution in [0.25, 0.3) is 0 Å². The molecule has 3 nitrogen and oxygen atoms in total. The molecule has 0 bridgehead atoms. The fraction of sp³-hybridized carbons (Fsp3) is 0.917. The smallest absolute Gasteiger partial charge is 0.235 e. The second-order valence-electron chi connectivity index (χ2n) is 5.16. The van der Waals surface area contributed by atoms with Gasteiger partial charge in [0, 0.05) is 25.7 Å². The van der Waals surface area contributed by atoms with Gasteiger partial charge in [0.2, 0.25) is 5.91 Å². The summed E-state index contributed by atoms with van der Waals surface area (Å²) >= 11 is 1.88. The highest BCUT2D eigenvalue weighted by atomic mass is 32.2. The van der Waals surface area contributed by atoms with Crippen LogP contribution in [0.4, 0.5) is 0 Å². The number of nitrogens with zero attached hydrogens (tertiary/aromatic N) is 1. The lowest BCUT2D eigenvalue weighted by Crippen LogP contribution is -2.44. The molecular formula is C12H20N2OS. The Kier molecular flexibility index (Phi) is 3.11. The van der Waals surface area contributed by atoms with Crippen LogP contribution in [0.2, 0.25) is 0 Å². The van der Waals surface area contributed by atoms with Crippen LogP contribution in [-0.4, -0.2) is 47.5 Å². The number of likely N-dealkylation sites (tertiary alicyclic amines) is 1. The number of amides is 1. The summed E-state index contributed by atoms with van der Waals surface area (Å²) < 4.78 is 0. The van der Waals surface area contributed by atoms with Crippen LogP contribution in [-0.2, 0) is 4.79 Å². The molecule has 0 spiro atoms. The highest BCUT2D eigenvalue weighted by Gasteiger charge is 2.41. The molecule has 0 aromatic rings. The molecule has 0 saturated carbocycles. The van der Waals surface area contributed by atoms with E-state index in [9.17, 15) is 4.79 Å². The summed E-state index contributed by atoms with van der Waals surface area (Å²) in [6.07, 6.45) is 4.84. The van der Waals surface area contributed by atoms with E-state index in [-0.39, 0.29) is 5.25 Å². The maximum absolute atomic E-state index is 12.4. The van der Waals surface area contributed by atoms with Crippen LogP contribution < -0.4 is 5.32 Å². The zero-order chi connectivity index (χ0) is 11.0. The minimum absolute atomic E-state index is 0.271. The third kappa shape index (κ3) is 1.86. The van der Waals surface area contributed by atoms with Crippen LogP contribution >= 0.6 is 11.8 Å². The number of carbonyl (C=O) groups is 1. The zero-order valence-corrected chi connectivity index (χ0v) is 10.5. The van der Waals surface area contributed by atoms with Gasteiger partial charge in [0.1, 0.15) is 0 Å². The summed E-state index contributed by atoms with van der Waals surface area (Å²) in [6, 6.07) is 0.509. The van der Waals surface area contributed by atoms with Crippen LogP contribution in [0.3, 0.4) is 0 Å². The molecule has 0 aliphatic carbocycles. The van der Waals surface area contributed by atoms with Gasteiger partial charge in [-0.2, -0.15) is 0 Å². The summed E-state index contributed by atoms with van der Waals surface area (Å²) in [5.74, 6) is 2.34. The van der Waals surface area contributed by atoms with Crippen LogP contribution in [0, 0.1) is 5.92 Å². The highest BCUT2D eigenvalue weighted by molar-refractivity contribution is 8.00. The Morgan fingerprint density at radius 2 is 2.19 bits per heavy atom. The lowest BCUT2D eigenvalue weighted by molar-refractivity contribution is -0.131. The van der Waals surface area contributed by atoms with Gasteiger partial charge in [-0.15, -0.1) is 11.8 Å². The van der Waals surface area contributed by atoms with E-state index in [2.05, 4.69) is 10.2 Å². The van der Waals surface area contributed by atoms with Gasteiger partial charge in [0.15, 0.2) is 0 Å². The van der Waals surface area contributed by atoms with Gasteiger partial charge in [0.25, 0.3) is 0 Å². The molecule has 3 aliphatic heterocycles. The van der Waals surface area contributed by atoms with E-state index in [0.29, 0.717) is 11.9 Å². The van der Waals surface area contributed by atoms with Gasteiger partial charge in [-0.1, -0.05) is 6.42 Å². The number of nitrogens with one attached hydrogen (secondary N) is 1. The molecule has 4 heteroatoms. The predicted molar refractivity (Wildman–Crippen MR) is 66.6 cm³/mol. The first-order chi connectivity index (χ1) is 7.86. The molecule has 1 amide bonds. The van der Waals surface area contributed by atoms with Gasteiger partial charge in [-0.3, -0.25) is 4.79 Å². The molecule has 3 atom stereocenters. The van der Waals surface area contributed by atoms with E-state index in [1.165, 1.54) is 25.0 Å². The lowest BCUT2D eigenvalue weighted by Gasteiger charge is -2.29. The monoisotopic (exact) mass is 240 g/mol. The molecular weight excluding hydrogens is 220 g/mol. The Balaban J connectivity index is 1.65. The average molecular weight is 240 g/mol. The molecule has 3 rings (SSSR count). The molecule has 90 valence electrons. The summed E-state index contributed by atoms with van der Waals surface area (Å²) in [6.45, 7) is 3.15. The van der Waals surface area contributed by atoms with Crippen LogP contribution in [0.1, 0.15) is 25.7 Å². The lowest BCUT2D eigenvalue weighted by atomic mass is 10.0. The average Bonchev–Trinajstić information content (AvgIpc) is 2.91. The topological polar surface area (TPSA) is 32.3 Å². The number of hydrogen-bond acceptors (Lipinski definition) is 3. The van der Waals surface area contributed by atoms with E-state index in [1.807, 2.05) is 11.8 Å². The van der Waals surface area contributed by atoms with E-state index < -0.39 is 0 Å². The molecule has 3 saturated heterocycles. The maximum atomic E-state index is 12.4. The number of rotatable bonds is 1. The minimum atomic E-state index is 0.271. The predicted octanol–water partition coefficient (Wildman–Crippen LogP) is 1.09. The van der Waals surface area contributed by atoms with Crippen molar-refractivity contribution in [2.24, 2.45) is 5.92 Å². The van der Waals surface area contributed by atoms with E-state index >= 15 is 0 Å². The number of thioether (sulfide) groups is 1. The third-order valence-corrected chi connectivity index (χ3v) is 5.55. The molecule has 1 unspecified atom stereocenters. The Bertz CT molecular complexity index is 278. The molecule has 16 heavy (non-hydrogen) atoms. The number of carbonyl (C=O) groups excluding carboxylic acids is 1. The van der Waals surface area contributed by atoms with Crippen molar-refractivity contribution in [3.05, 3.63) is 0 Å². The van der Waals surface area contributed by atoms with Gasteiger partial charge >= 0.3 is 0 Å². The molecule has 1 N–H and O–H groups in total. The molecule has 0 radical (unpaired) electrons. The molecule has 0 aromatic carbocycles. The van der Waals surface area contributed by atoms with Gasteiger partial charge in [-0.25, -0.2) is 0 Å². The zero-order valence-electron chi connectivity index (χ0n) is 9.65.